The van der Waals surface area contributed by atoms with Crippen molar-refractivity contribution in [3.63, 3.8) is 0 Å². The molecule has 0 spiro atoms. The van der Waals surface area contributed by atoms with Gasteiger partial charge in [-0.15, -0.1) is 0 Å². The van der Waals surface area contributed by atoms with Gasteiger partial charge in [0.15, 0.2) is 23.9 Å². The van der Waals surface area contributed by atoms with Gasteiger partial charge < -0.3 is 14.2 Å². The summed E-state index contributed by atoms with van der Waals surface area (Å²) in [6.45, 7) is 0.472. The van der Waals surface area contributed by atoms with Crippen LogP contribution in [0, 0.1) is 11.3 Å². The topological polar surface area (TPSA) is 85.6 Å². The normalized spacial score (nSPS) is 12.0. The molecule has 3 aromatic carbocycles. The number of nitriles is 1. The molecule has 0 aliphatic carbocycles. The van der Waals surface area contributed by atoms with Gasteiger partial charge in [0.2, 0.25) is 0 Å². The molecule has 1 aliphatic rings. The first-order valence-electron chi connectivity index (χ1n) is 9.36. The first kappa shape index (κ1) is 19.2. The number of ketones is 1. The maximum Gasteiger partial charge on any atom is 0.339 e. The van der Waals surface area contributed by atoms with Gasteiger partial charge in [0.05, 0.1) is 17.2 Å². The van der Waals surface area contributed by atoms with Crippen LogP contribution in [-0.2, 0) is 4.74 Å². The lowest BCUT2D eigenvalue weighted by Crippen LogP contribution is -2.17. The minimum atomic E-state index is -0.635. The van der Waals surface area contributed by atoms with Crippen LogP contribution in [0.4, 0.5) is 0 Å². The number of hydrogen-bond donors (Lipinski definition) is 0. The molecule has 148 valence electrons. The minimum absolute atomic E-state index is 0.287. The maximum absolute atomic E-state index is 12.7. The number of esters is 1. The Hall–Kier alpha value is -4.11. The predicted molar refractivity (Wildman–Crippen MR) is 109 cm³/mol. The summed E-state index contributed by atoms with van der Waals surface area (Å²) in [5.41, 5.74) is 2.31. The van der Waals surface area contributed by atoms with Crippen molar-refractivity contribution < 1.29 is 23.8 Å². The number of Topliss-reactive ketones (excluding diaryl/α,β-unsaturated/α-hetero) is 1. The summed E-state index contributed by atoms with van der Waals surface area (Å²) in [5.74, 6) is 0.0937. The number of fused-ring (bicyclic) bond motifs is 1. The van der Waals surface area contributed by atoms with E-state index in [1.165, 1.54) is 0 Å². The molecule has 0 unspecified atom stereocenters. The third-order valence-corrected chi connectivity index (χ3v) is 4.68. The van der Waals surface area contributed by atoms with Crippen LogP contribution in [0.2, 0.25) is 0 Å². The van der Waals surface area contributed by atoms with Gasteiger partial charge in [0.1, 0.15) is 13.2 Å². The Balaban J connectivity index is 1.51. The first-order chi connectivity index (χ1) is 14.7. The summed E-state index contributed by atoms with van der Waals surface area (Å²) in [6.07, 6.45) is 0. The molecule has 0 amide bonds. The van der Waals surface area contributed by atoms with Gasteiger partial charge in [-0.05, 0) is 35.9 Å². The molecule has 1 aliphatic heterocycles. The second-order valence-electron chi connectivity index (χ2n) is 6.56. The molecule has 3 aromatic rings. The van der Waals surface area contributed by atoms with Crippen LogP contribution in [0.5, 0.6) is 11.5 Å². The van der Waals surface area contributed by atoms with Crippen LogP contribution in [-0.4, -0.2) is 31.6 Å². The highest BCUT2D eigenvalue weighted by Crippen LogP contribution is 2.31. The first-order valence-corrected chi connectivity index (χ1v) is 9.36. The van der Waals surface area contributed by atoms with Crippen molar-refractivity contribution in [2.45, 2.75) is 0 Å². The molecule has 0 N–H and O–H groups in total. The van der Waals surface area contributed by atoms with Crippen LogP contribution in [0.15, 0.2) is 66.7 Å². The number of hydrogen-bond acceptors (Lipinski definition) is 6. The molecule has 0 saturated heterocycles. The van der Waals surface area contributed by atoms with Crippen molar-refractivity contribution in [3.05, 3.63) is 83.4 Å². The number of rotatable bonds is 5. The standard InChI is InChI=1S/C24H17NO5/c25-14-17-5-1-2-6-18(17)19-7-3-4-8-20(19)24(27)30-15-21(26)16-9-10-22-23(13-16)29-12-11-28-22/h1-10,13H,11-12,15H2. The van der Waals surface area contributed by atoms with E-state index in [9.17, 15) is 14.9 Å². The second-order valence-corrected chi connectivity index (χ2v) is 6.56. The van der Waals surface area contributed by atoms with Crippen molar-refractivity contribution in [2.75, 3.05) is 19.8 Å². The van der Waals surface area contributed by atoms with Gasteiger partial charge in [-0.25, -0.2) is 4.79 Å². The summed E-state index contributed by atoms with van der Waals surface area (Å²) < 4.78 is 16.2. The van der Waals surface area contributed by atoms with Gasteiger partial charge in [-0.1, -0.05) is 36.4 Å². The van der Waals surface area contributed by atoms with Crippen molar-refractivity contribution in [2.24, 2.45) is 0 Å². The van der Waals surface area contributed by atoms with Gasteiger partial charge >= 0.3 is 5.97 Å². The molecule has 6 nitrogen and oxygen atoms in total. The highest BCUT2D eigenvalue weighted by Gasteiger charge is 2.19. The molecule has 0 bridgehead atoms. The Morgan fingerprint density at radius 3 is 2.40 bits per heavy atom. The van der Waals surface area contributed by atoms with Gasteiger partial charge in [-0.3, -0.25) is 4.79 Å². The third kappa shape index (κ3) is 3.87. The average Bonchev–Trinajstić information content (AvgIpc) is 2.82. The van der Waals surface area contributed by atoms with Gasteiger partial charge in [0, 0.05) is 11.1 Å². The third-order valence-electron chi connectivity index (χ3n) is 4.68. The Labute approximate surface area is 173 Å². The van der Waals surface area contributed by atoms with E-state index >= 15 is 0 Å². The lowest BCUT2D eigenvalue weighted by Gasteiger charge is -2.18. The quantitative estimate of drug-likeness (QED) is 0.476. The Bertz CT molecular complexity index is 1160. The highest BCUT2D eigenvalue weighted by atomic mass is 16.6. The molecule has 1 heterocycles. The summed E-state index contributed by atoms with van der Waals surface area (Å²) in [6, 6.07) is 20.8. The van der Waals surface area contributed by atoms with Crippen molar-refractivity contribution in [3.8, 4) is 28.7 Å². The monoisotopic (exact) mass is 399 g/mol. The zero-order valence-corrected chi connectivity index (χ0v) is 16.0. The molecule has 6 heteroatoms. The summed E-state index contributed by atoms with van der Waals surface area (Å²) in [4.78, 5) is 25.2. The molecule has 0 fully saturated rings. The molecule has 30 heavy (non-hydrogen) atoms. The average molecular weight is 399 g/mol. The highest BCUT2D eigenvalue weighted by molar-refractivity contribution is 6.02. The van der Waals surface area contributed by atoms with E-state index < -0.39 is 12.6 Å². The van der Waals surface area contributed by atoms with Crippen LogP contribution < -0.4 is 9.47 Å². The lowest BCUT2D eigenvalue weighted by molar-refractivity contribution is 0.0475. The number of carbonyl (C=O) groups is 2. The van der Waals surface area contributed by atoms with E-state index in [0.29, 0.717) is 47.0 Å². The number of benzene rings is 3. The SMILES string of the molecule is N#Cc1ccccc1-c1ccccc1C(=O)OCC(=O)c1ccc2c(c1)OCCO2. The van der Waals surface area contributed by atoms with Gasteiger partial charge in [-0.2, -0.15) is 5.26 Å². The minimum Gasteiger partial charge on any atom is -0.486 e. The summed E-state index contributed by atoms with van der Waals surface area (Å²) >= 11 is 0. The lowest BCUT2D eigenvalue weighted by atomic mass is 9.96. The smallest absolute Gasteiger partial charge is 0.339 e. The largest absolute Gasteiger partial charge is 0.486 e. The molecular formula is C24H17NO5. The predicted octanol–water partition coefficient (Wildman–Crippen LogP) is 4.04. The number of ether oxygens (including phenoxy) is 3. The molecular weight excluding hydrogens is 382 g/mol. The Morgan fingerprint density at radius 1 is 0.900 bits per heavy atom. The van der Waals surface area contributed by atoms with E-state index in [1.54, 1.807) is 66.7 Å². The second kappa shape index (κ2) is 8.50. The molecule has 0 radical (unpaired) electrons. The van der Waals surface area contributed by atoms with Crippen molar-refractivity contribution in [1.82, 2.24) is 0 Å². The van der Waals surface area contributed by atoms with Gasteiger partial charge in [0.25, 0.3) is 0 Å². The summed E-state index contributed by atoms with van der Waals surface area (Å²) in [7, 11) is 0. The summed E-state index contributed by atoms with van der Waals surface area (Å²) in [5, 5.41) is 9.37. The van der Waals surface area contributed by atoms with Crippen LogP contribution in [0.25, 0.3) is 11.1 Å². The fourth-order valence-electron chi connectivity index (χ4n) is 3.22. The number of carbonyl (C=O) groups excluding carboxylic acids is 2. The maximum atomic E-state index is 12.7. The van der Waals surface area contributed by atoms with E-state index in [0.717, 1.165) is 0 Å². The zero-order valence-electron chi connectivity index (χ0n) is 16.0. The fraction of sp³-hybridized carbons (Fsp3) is 0.125. The van der Waals surface area contributed by atoms with Crippen LogP contribution >= 0.6 is 0 Å². The zero-order chi connectivity index (χ0) is 20.9. The Morgan fingerprint density at radius 2 is 1.60 bits per heavy atom. The Kier molecular flexibility index (Phi) is 5.44. The molecule has 0 atom stereocenters. The molecule has 0 aromatic heterocycles. The van der Waals surface area contributed by atoms with Crippen molar-refractivity contribution >= 4 is 11.8 Å². The van der Waals surface area contributed by atoms with Crippen LogP contribution in [0.1, 0.15) is 26.3 Å². The van der Waals surface area contributed by atoms with Crippen molar-refractivity contribution in [1.29, 1.82) is 5.26 Å². The van der Waals surface area contributed by atoms with E-state index in [1.807, 2.05) is 0 Å². The van der Waals surface area contributed by atoms with E-state index in [2.05, 4.69) is 6.07 Å². The fourth-order valence-corrected chi connectivity index (χ4v) is 3.22. The molecule has 0 saturated carbocycles. The van der Waals surface area contributed by atoms with E-state index in [4.69, 9.17) is 14.2 Å². The van der Waals surface area contributed by atoms with Crippen LogP contribution in [0.3, 0.4) is 0 Å². The van der Waals surface area contributed by atoms with E-state index in [-0.39, 0.29) is 11.3 Å². The number of nitrogens with zero attached hydrogens (tertiary/aromatic N) is 1. The molecule has 4 rings (SSSR count).